The molecule has 1 aliphatic carbocycles. The van der Waals surface area contributed by atoms with Crippen LogP contribution in [0.5, 0.6) is 11.5 Å². The standard InChI is InChI=1S/C20H23FN2O3.C20H25N3O2.2H2/c1-14(15-7-9-25-10-8-15)23-20(24)16-5-6-18(22-12-16)13-26-19-4-2-3-17(21)11-19;1-15(16-5-3-2-4-6-16)23-20(24)17-7-8-18(22-13-17)14-25-19-9-11-21-12-10-19;;/h2-6,11-12,14-15H,7-10,13H2,1H3,(H,23,24);7-13,15-16H,2-6,14H2,1H3,(H,23,24);2*1H/t14-;15-;;/m11../s1. The number of rotatable bonds is 12. The molecule has 0 spiro atoms. The highest BCUT2D eigenvalue weighted by Crippen LogP contribution is 2.26. The highest BCUT2D eigenvalue weighted by atomic mass is 19.1. The molecule has 3 aromatic heterocycles. The number of hydrogen-bond acceptors (Lipinski definition) is 8. The van der Waals surface area contributed by atoms with Crippen molar-refractivity contribution < 1.29 is 31.0 Å². The number of amides is 2. The van der Waals surface area contributed by atoms with Crippen molar-refractivity contribution in [2.45, 2.75) is 84.1 Å². The van der Waals surface area contributed by atoms with Gasteiger partial charge in [0.1, 0.15) is 30.5 Å². The Morgan fingerprint density at radius 3 is 1.84 bits per heavy atom. The lowest BCUT2D eigenvalue weighted by molar-refractivity contribution is 0.0538. The Hall–Kier alpha value is -4.90. The Balaban J connectivity index is 0.000000275. The number of nitrogens with one attached hydrogen (secondary N) is 2. The molecule has 1 saturated heterocycles. The third-order valence-corrected chi connectivity index (χ3v) is 9.44. The quantitative estimate of drug-likeness (QED) is 0.155. The number of ether oxygens (including phenoxy) is 3. The molecule has 0 unspecified atom stereocenters. The summed E-state index contributed by atoms with van der Waals surface area (Å²) in [4.78, 5) is 37.3. The Morgan fingerprint density at radius 1 is 0.765 bits per heavy atom. The van der Waals surface area contributed by atoms with Crippen molar-refractivity contribution in [2.24, 2.45) is 11.8 Å². The van der Waals surface area contributed by atoms with E-state index < -0.39 is 0 Å². The Morgan fingerprint density at radius 2 is 1.31 bits per heavy atom. The molecule has 4 aromatic rings. The number of carbonyl (C=O) groups is 2. The van der Waals surface area contributed by atoms with Crippen LogP contribution < -0.4 is 20.1 Å². The molecule has 2 N–H and O–H groups in total. The molecule has 2 fully saturated rings. The largest absolute Gasteiger partial charge is 0.487 e. The monoisotopic (exact) mass is 701 g/mol. The van der Waals surface area contributed by atoms with E-state index in [9.17, 15) is 14.0 Å². The number of hydrogen-bond donors (Lipinski definition) is 2. The smallest absolute Gasteiger partial charge is 0.253 e. The zero-order valence-corrected chi connectivity index (χ0v) is 29.4. The Bertz CT molecular complexity index is 1660. The van der Waals surface area contributed by atoms with E-state index in [4.69, 9.17) is 14.2 Å². The predicted octanol–water partition coefficient (Wildman–Crippen LogP) is 7.59. The number of benzene rings is 1. The van der Waals surface area contributed by atoms with Crippen LogP contribution in [-0.4, -0.2) is 52.1 Å². The van der Waals surface area contributed by atoms with Gasteiger partial charge in [0.2, 0.25) is 0 Å². The summed E-state index contributed by atoms with van der Waals surface area (Å²) in [5, 5.41) is 6.17. The van der Waals surface area contributed by atoms with Crippen molar-refractivity contribution in [2.75, 3.05) is 13.2 Å². The molecular weight excluding hydrogens is 649 g/mol. The lowest BCUT2D eigenvalue weighted by Gasteiger charge is -2.28. The van der Waals surface area contributed by atoms with E-state index in [1.165, 1.54) is 50.4 Å². The first kappa shape index (κ1) is 37.4. The van der Waals surface area contributed by atoms with Crippen LogP contribution in [-0.2, 0) is 18.0 Å². The molecule has 51 heavy (non-hydrogen) atoms. The average Bonchev–Trinajstić information content (AvgIpc) is 3.18. The second-order valence-electron chi connectivity index (χ2n) is 13.2. The van der Waals surface area contributed by atoms with Gasteiger partial charge in [-0.05, 0) is 99.9 Å². The number of pyridine rings is 3. The molecule has 4 heterocycles. The predicted molar refractivity (Wildman–Crippen MR) is 196 cm³/mol. The van der Waals surface area contributed by atoms with Crippen molar-refractivity contribution >= 4 is 11.8 Å². The first-order valence-corrected chi connectivity index (χ1v) is 17.8. The fraction of sp³-hybridized carbons (Fsp3) is 0.425. The average molecular weight is 702 g/mol. The Kier molecular flexibility index (Phi) is 14.3. The summed E-state index contributed by atoms with van der Waals surface area (Å²) in [6.07, 6.45) is 14.8. The normalized spacial score (nSPS) is 16.1. The minimum atomic E-state index is -0.346. The maximum Gasteiger partial charge on any atom is 0.253 e. The van der Waals surface area contributed by atoms with Crippen molar-refractivity contribution in [3.8, 4) is 11.5 Å². The van der Waals surface area contributed by atoms with Gasteiger partial charge in [0.05, 0.1) is 22.5 Å². The number of halogens is 1. The van der Waals surface area contributed by atoms with E-state index >= 15 is 0 Å². The molecule has 11 heteroatoms. The van der Waals surface area contributed by atoms with Gasteiger partial charge < -0.3 is 24.8 Å². The number of aromatic nitrogens is 3. The van der Waals surface area contributed by atoms with Gasteiger partial charge in [-0.3, -0.25) is 24.5 Å². The van der Waals surface area contributed by atoms with Gasteiger partial charge in [-0.15, -0.1) is 0 Å². The molecule has 0 bridgehead atoms. The fourth-order valence-corrected chi connectivity index (χ4v) is 6.26. The maximum absolute atomic E-state index is 13.1. The highest BCUT2D eigenvalue weighted by molar-refractivity contribution is 5.94. The first-order valence-electron chi connectivity index (χ1n) is 17.8. The summed E-state index contributed by atoms with van der Waals surface area (Å²) in [5.74, 6) is 1.71. The molecule has 1 aliphatic heterocycles. The third-order valence-electron chi connectivity index (χ3n) is 9.44. The topological polar surface area (TPSA) is 125 Å². The van der Waals surface area contributed by atoms with E-state index in [1.807, 2.05) is 13.0 Å². The van der Waals surface area contributed by atoms with Crippen LogP contribution in [0.25, 0.3) is 0 Å². The Labute approximate surface area is 302 Å². The van der Waals surface area contributed by atoms with Crippen molar-refractivity contribution in [1.82, 2.24) is 25.6 Å². The fourth-order valence-electron chi connectivity index (χ4n) is 6.26. The lowest BCUT2D eigenvalue weighted by Crippen LogP contribution is -2.40. The van der Waals surface area contributed by atoms with E-state index in [-0.39, 0.29) is 39.2 Å². The second kappa shape index (κ2) is 19.5. The minimum Gasteiger partial charge on any atom is -0.487 e. The molecule has 1 aromatic carbocycles. The summed E-state index contributed by atoms with van der Waals surface area (Å²) in [6, 6.07) is 17.0. The first-order chi connectivity index (χ1) is 24.8. The van der Waals surface area contributed by atoms with Crippen LogP contribution in [0.2, 0.25) is 0 Å². The summed E-state index contributed by atoms with van der Waals surface area (Å²) in [7, 11) is 0. The summed E-state index contributed by atoms with van der Waals surface area (Å²) >= 11 is 0. The molecule has 6 rings (SSSR count). The van der Waals surface area contributed by atoms with Crippen LogP contribution >= 0.6 is 0 Å². The van der Waals surface area contributed by atoms with Crippen molar-refractivity contribution in [3.63, 3.8) is 0 Å². The third kappa shape index (κ3) is 12.1. The summed E-state index contributed by atoms with van der Waals surface area (Å²) < 4.78 is 29.6. The molecule has 10 nitrogen and oxygen atoms in total. The van der Waals surface area contributed by atoms with E-state index in [1.54, 1.807) is 61.1 Å². The van der Waals surface area contributed by atoms with Gasteiger partial charge in [0.25, 0.3) is 11.8 Å². The van der Waals surface area contributed by atoms with E-state index in [0.29, 0.717) is 41.0 Å². The van der Waals surface area contributed by atoms with Crippen LogP contribution in [0.4, 0.5) is 4.39 Å². The second-order valence-corrected chi connectivity index (χ2v) is 13.2. The van der Waals surface area contributed by atoms with Crippen molar-refractivity contribution in [3.05, 3.63) is 114 Å². The van der Waals surface area contributed by atoms with Crippen LogP contribution in [0.3, 0.4) is 0 Å². The number of nitrogens with zero attached hydrogens (tertiary/aromatic N) is 3. The van der Waals surface area contributed by atoms with Gasteiger partial charge in [0, 0.05) is 59.0 Å². The van der Waals surface area contributed by atoms with Crippen LogP contribution in [0.1, 0.15) is 93.8 Å². The van der Waals surface area contributed by atoms with Crippen molar-refractivity contribution in [1.29, 1.82) is 0 Å². The zero-order valence-electron chi connectivity index (χ0n) is 29.4. The van der Waals surface area contributed by atoms with E-state index in [0.717, 1.165) is 37.5 Å². The van der Waals surface area contributed by atoms with Gasteiger partial charge >= 0.3 is 0 Å². The molecule has 2 atom stereocenters. The highest BCUT2D eigenvalue weighted by Gasteiger charge is 2.23. The molecule has 1 saturated carbocycles. The number of carbonyl (C=O) groups excluding carboxylic acids is 2. The summed E-state index contributed by atoms with van der Waals surface area (Å²) in [6.45, 7) is 6.23. The SMILES string of the molecule is C[C@@H](NC(=O)c1ccc(COc2cccc(F)c2)nc1)C1CCOCC1.C[C@@H](NC(=O)c1ccc(COc2ccncc2)nc1)C1CCCCC1.[HH].[HH]. The maximum atomic E-state index is 13.1. The van der Waals surface area contributed by atoms with Gasteiger partial charge in [-0.2, -0.15) is 0 Å². The zero-order chi connectivity index (χ0) is 35.8. The van der Waals surface area contributed by atoms with Gasteiger partial charge in [-0.1, -0.05) is 25.3 Å². The van der Waals surface area contributed by atoms with E-state index in [2.05, 4.69) is 32.5 Å². The van der Waals surface area contributed by atoms with Crippen LogP contribution in [0, 0.1) is 17.7 Å². The van der Waals surface area contributed by atoms with Crippen LogP contribution in [0.15, 0.2) is 85.5 Å². The lowest BCUT2D eigenvalue weighted by atomic mass is 9.84. The minimum absolute atomic E-state index is 0. The van der Waals surface area contributed by atoms with Gasteiger partial charge in [0.15, 0.2) is 0 Å². The molecule has 0 radical (unpaired) electrons. The molecule has 2 amide bonds. The molecule has 2 aliphatic rings. The molecule has 274 valence electrons. The van der Waals surface area contributed by atoms with Gasteiger partial charge in [-0.25, -0.2) is 4.39 Å². The summed E-state index contributed by atoms with van der Waals surface area (Å²) in [5.41, 5.74) is 2.56. The molecular formula is C40H52FN5O5.